The van der Waals surface area contributed by atoms with Crippen molar-refractivity contribution in [2.75, 3.05) is 5.75 Å². The van der Waals surface area contributed by atoms with Crippen LogP contribution in [0.25, 0.3) is 0 Å². The fourth-order valence-corrected chi connectivity index (χ4v) is 0. The van der Waals surface area contributed by atoms with Crippen molar-refractivity contribution in [3.63, 3.8) is 0 Å². The molecule has 0 radical (unpaired) electrons. The van der Waals surface area contributed by atoms with Crippen molar-refractivity contribution < 1.29 is 4.21 Å². The van der Waals surface area contributed by atoms with Crippen molar-refractivity contribution >= 4 is 29.2 Å². The maximum absolute atomic E-state index is 9.91. The van der Waals surface area contributed by atoms with Gasteiger partial charge in [0.2, 0.25) is 0 Å². The van der Waals surface area contributed by atoms with Gasteiger partial charge in [0, 0.05) is 27.0 Å². The maximum Gasteiger partial charge on any atom is 0.0833 e. The van der Waals surface area contributed by atoms with Crippen LogP contribution in [0.2, 0.25) is 0 Å². The monoisotopic (exact) mass is 204 g/mol. The van der Waals surface area contributed by atoms with E-state index in [0.717, 1.165) is 5.75 Å². The van der Waals surface area contributed by atoms with E-state index in [1.807, 2.05) is 28.1 Å². The highest BCUT2D eigenvalue weighted by atomic mass is 127. The zero-order chi connectivity index (χ0) is 4.28. The molecule has 0 rings (SSSR count). The van der Waals surface area contributed by atoms with E-state index in [9.17, 15) is 4.21 Å². The largest absolute Gasteiger partial charge is 0.249 e. The quantitative estimate of drug-likeness (QED) is 0.461. The van der Waals surface area contributed by atoms with E-state index < -0.39 is 7.97 Å². The molecule has 0 amide bonds. The standard InChI is InChI=1S/C2H5IOS/c1-2-5(3)4/h2H2,1H3. The third-order valence-electron chi connectivity index (χ3n) is 0.227. The zero-order valence-electron chi connectivity index (χ0n) is 2.90. The first kappa shape index (κ1) is 5.88. The first-order valence-electron chi connectivity index (χ1n) is 1.32. The summed E-state index contributed by atoms with van der Waals surface area (Å²) in [7, 11) is -0.603. The average Bonchev–Trinajstić information content (AvgIpc) is 1.38. The van der Waals surface area contributed by atoms with E-state index in [1.54, 1.807) is 0 Å². The number of hydrogen-bond donors (Lipinski definition) is 0. The van der Waals surface area contributed by atoms with E-state index in [2.05, 4.69) is 0 Å². The van der Waals surface area contributed by atoms with Gasteiger partial charge >= 0.3 is 0 Å². The summed E-state index contributed by atoms with van der Waals surface area (Å²) >= 11 is 1.88. The Morgan fingerprint density at radius 2 is 2.20 bits per heavy atom. The molecule has 1 unspecified atom stereocenters. The smallest absolute Gasteiger partial charge is 0.0833 e. The van der Waals surface area contributed by atoms with Gasteiger partial charge in [0.1, 0.15) is 0 Å². The molecular formula is C2H5IOS. The molecule has 32 valence electrons. The lowest BCUT2D eigenvalue weighted by atomic mass is 11.0. The Morgan fingerprint density at radius 1 is 2.00 bits per heavy atom. The Kier molecular flexibility index (Phi) is 3.63. The second kappa shape index (κ2) is 3.08. The summed E-state index contributed by atoms with van der Waals surface area (Å²) in [5.74, 6) is 0.764. The molecule has 0 spiro atoms. The molecule has 0 bridgehead atoms. The van der Waals surface area contributed by atoms with Crippen LogP contribution in [0.5, 0.6) is 0 Å². The van der Waals surface area contributed by atoms with Gasteiger partial charge in [0.15, 0.2) is 0 Å². The molecule has 0 aliphatic rings. The number of rotatable bonds is 1. The molecule has 0 aromatic carbocycles. The molecular weight excluding hydrogens is 199 g/mol. The van der Waals surface area contributed by atoms with Crippen LogP contribution < -0.4 is 0 Å². The van der Waals surface area contributed by atoms with Crippen LogP contribution >= 0.6 is 21.2 Å². The molecule has 0 N–H and O–H groups in total. The van der Waals surface area contributed by atoms with E-state index in [0.29, 0.717) is 0 Å². The molecule has 0 saturated carbocycles. The summed E-state index contributed by atoms with van der Waals surface area (Å²) in [5.41, 5.74) is 0. The highest BCUT2D eigenvalue weighted by Gasteiger charge is 1.76. The van der Waals surface area contributed by atoms with Gasteiger partial charge in [-0.05, 0) is 0 Å². The Balaban J connectivity index is 2.85. The van der Waals surface area contributed by atoms with E-state index >= 15 is 0 Å². The summed E-state index contributed by atoms with van der Waals surface area (Å²) in [6.07, 6.45) is 0. The second-order valence-corrected chi connectivity index (χ2v) is 4.68. The fourth-order valence-electron chi connectivity index (χ4n) is 0. The molecule has 1 atom stereocenters. The highest BCUT2D eigenvalue weighted by Crippen LogP contribution is 1.89. The molecule has 0 heterocycles. The van der Waals surface area contributed by atoms with Gasteiger partial charge in [0.25, 0.3) is 0 Å². The van der Waals surface area contributed by atoms with Crippen molar-refractivity contribution in [1.29, 1.82) is 0 Å². The Bertz CT molecular complexity index is 44.9. The highest BCUT2D eigenvalue weighted by molar-refractivity contribution is 14.2. The van der Waals surface area contributed by atoms with Crippen molar-refractivity contribution in [3.05, 3.63) is 0 Å². The van der Waals surface area contributed by atoms with Crippen LogP contribution in [0, 0.1) is 0 Å². The third kappa shape index (κ3) is 4.88. The number of hydrogen-bond acceptors (Lipinski definition) is 1. The lowest BCUT2D eigenvalue weighted by Gasteiger charge is -1.71. The lowest BCUT2D eigenvalue weighted by molar-refractivity contribution is 0.693. The van der Waals surface area contributed by atoms with Crippen LogP contribution in [0.1, 0.15) is 6.92 Å². The lowest BCUT2D eigenvalue weighted by Crippen LogP contribution is -1.74. The molecule has 3 heteroatoms. The molecule has 0 aliphatic carbocycles. The maximum atomic E-state index is 9.91. The Morgan fingerprint density at radius 3 is 2.20 bits per heavy atom. The van der Waals surface area contributed by atoms with Crippen LogP contribution in [0.4, 0.5) is 0 Å². The minimum Gasteiger partial charge on any atom is -0.249 e. The Labute approximate surface area is 46.2 Å². The predicted molar refractivity (Wildman–Crippen MR) is 32.7 cm³/mol. The molecule has 0 aromatic heterocycles. The van der Waals surface area contributed by atoms with Crippen LogP contribution in [-0.2, 0) is 7.97 Å². The van der Waals surface area contributed by atoms with Crippen LogP contribution in [0.3, 0.4) is 0 Å². The summed E-state index contributed by atoms with van der Waals surface area (Å²) in [6.45, 7) is 1.89. The first-order valence-corrected chi connectivity index (χ1v) is 5.18. The van der Waals surface area contributed by atoms with E-state index in [1.165, 1.54) is 0 Å². The number of halogens is 1. The topological polar surface area (TPSA) is 17.1 Å². The van der Waals surface area contributed by atoms with Gasteiger partial charge in [-0.15, -0.1) is 0 Å². The fraction of sp³-hybridized carbons (Fsp3) is 1.00. The zero-order valence-corrected chi connectivity index (χ0v) is 5.88. The minimum atomic E-state index is -0.603. The van der Waals surface area contributed by atoms with E-state index in [4.69, 9.17) is 0 Å². The summed E-state index contributed by atoms with van der Waals surface area (Å²) < 4.78 is 9.91. The molecule has 0 fully saturated rings. The summed E-state index contributed by atoms with van der Waals surface area (Å²) in [5, 5.41) is 0. The third-order valence-corrected chi connectivity index (χ3v) is 2.55. The molecule has 0 aromatic rings. The van der Waals surface area contributed by atoms with Gasteiger partial charge in [-0.25, -0.2) is 4.21 Å². The predicted octanol–water partition coefficient (Wildman–Crippen LogP) is 1.10. The van der Waals surface area contributed by atoms with Gasteiger partial charge in [0.05, 0.1) is 7.97 Å². The van der Waals surface area contributed by atoms with Gasteiger partial charge in [-0.1, -0.05) is 6.92 Å². The van der Waals surface area contributed by atoms with Gasteiger partial charge in [-0.2, -0.15) is 0 Å². The molecule has 0 saturated heterocycles. The SMILES string of the molecule is CCS(=O)I. The summed E-state index contributed by atoms with van der Waals surface area (Å²) in [6, 6.07) is 0. The van der Waals surface area contributed by atoms with Crippen molar-refractivity contribution in [2.45, 2.75) is 6.92 Å². The van der Waals surface area contributed by atoms with Crippen LogP contribution in [0.15, 0.2) is 0 Å². The van der Waals surface area contributed by atoms with Crippen molar-refractivity contribution in [1.82, 2.24) is 0 Å². The summed E-state index contributed by atoms with van der Waals surface area (Å²) in [4.78, 5) is 0. The minimum absolute atomic E-state index is 0.603. The van der Waals surface area contributed by atoms with Crippen LogP contribution in [-0.4, -0.2) is 9.96 Å². The van der Waals surface area contributed by atoms with Gasteiger partial charge < -0.3 is 0 Å². The van der Waals surface area contributed by atoms with Crippen molar-refractivity contribution in [2.24, 2.45) is 0 Å². The van der Waals surface area contributed by atoms with E-state index in [-0.39, 0.29) is 0 Å². The second-order valence-electron chi connectivity index (χ2n) is 0.579. The first-order chi connectivity index (χ1) is 2.27. The Hall–Kier alpha value is 0.880. The average molecular weight is 204 g/mol. The van der Waals surface area contributed by atoms with Gasteiger partial charge in [-0.3, -0.25) is 0 Å². The molecule has 0 aliphatic heterocycles. The van der Waals surface area contributed by atoms with Crippen molar-refractivity contribution in [3.8, 4) is 0 Å². The normalized spacial score (nSPS) is 14.8. The molecule has 5 heavy (non-hydrogen) atoms. The molecule has 1 nitrogen and oxygen atoms in total.